The van der Waals surface area contributed by atoms with Crippen molar-refractivity contribution in [2.75, 3.05) is 6.54 Å². The van der Waals surface area contributed by atoms with Gasteiger partial charge in [0.15, 0.2) is 0 Å². The Morgan fingerprint density at radius 2 is 2.06 bits per heavy atom. The monoisotopic (exact) mass is 252 g/mol. The summed E-state index contributed by atoms with van der Waals surface area (Å²) in [7, 11) is 0. The molecule has 1 atom stereocenters. The Bertz CT molecular complexity index is 327. The molecule has 2 rings (SSSR count). The van der Waals surface area contributed by atoms with Gasteiger partial charge in [0.1, 0.15) is 0 Å². The lowest BCUT2D eigenvalue weighted by molar-refractivity contribution is 0.334. The zero-order chi connectivity index (χ0) is 12.1. The first-order valence-corrected chi connectivity index (χ1v) is 7.78. The predicted molar refractivity (Wildman–Crippen MR) is 74.5 cm³/mol. The molecule has 1 fully saturated rings. The van der Waals surface area contributed by atoms with Gasteiger partial charge >= 0.3 is 0 Å². The van der Waals surface area contributed by atoms with E-state index in [9.17, 15) is 0 Å². The maximum atomic E-state index is 4.42. The first-order valence-electron chi connectivity index (χ1n) is 6.97. The van der Waals surface area contributed by atoms with E-state index < -0.39 is 0 Å². The normalized spacial score (nSPS) is 20.1. The van der Waals surface area contributed by atoms with E-state index in [1.807, 2.05) is 11.3 Å². The maximum absolute atomic E-state index is 4.42. The van der Waals surface area contributed by atoms with Gasteiger partial charge in [-0.1, -0.05) is 32.6 Å². The Labute approximate surface area is 109 Å². The molecule has 17 heavy (non-hydrogen) atoms. The molecule has 1 aromatic heterocycles. The number of thiazole rings is 1. The Balaban J connectivity index is 2.09. The van der Waals surface area contributed by atoms with Crippen LogP contribution < -0.4 is 5.32 Å². The molecule has 0 amide bonds. The molecular weight excluding hydrogens is 228 g/mol. The van der Waals surface area contributed by atoms with Crippen LogP contribution in [0.4, 0.5) is 0 Å². The largest absolute Gasteiger partial charge is 0.309 e. The van der Waals surface area contributed by atoms with E-state index in [1.165, 1.54) is 48.4 Å². The van der Waals surface area contributed by atoms with Gasteiger partial charge < -0.3 is 5.32 Å². The number of rotatable bonds is 4. The molecule has 0 spiro atoms. The molecule has 1 aliphatic rings. The summed E-state index contributed by atoms with van der Waals surface area (Å²) in [5, 5.41) is 4.87. The van der Waals surface area contributed by atoms with Gasteiger partial charge in [-0.05, 0) is 32.2 Å². The summed E-state index contributed by atoms with van der Waals surface area (Å²) in [6.07, 6.45) is 10.5. The second kappa shape index (κ2) is 6.50. The van der Waals surface area contributed by atoms with Crippen molar-refractivity contribution in [2.24, 2.45) is 5.92 Å². The summed E-state index contributed by atoms with van der Waals surface area (Å²) >= 11 is 1.86. The minimum atomic E-state index is 0.546. The van der Waals surface area contributed by atoms with Crippen LogP contribution in [-0.4, -0.2) is 11.5 Å². The van der Waals surface area contributed by atoms with Crippen LogP contribution in [0.25, 0.3) is 0 Å². The lowest BCUT2D eigenvalue weighted by Crippen LogP contribution is -2.27. The molecule has 1 N–H and O–H groups in total. The minimum absolute atomic E-state index is 0.546. The van der Waals surface area contributed by atoms with Crippen molar-refractivity contribution in [3.63, 3.8) is 0 Å². The lowest BCUT2D eigenvalue weighted by Gasteiger charge is -2.25. The first-order chi connectivity index (χ1) is 8.31. The Morgan fingerprint density at radius 3 is 2.59 bits per heavy atom. The van der Waals surface area contributed by atoms with Gasteiger partial charge in [-0.15, -0.1) is 11.3 Å². The Hall–Kier alpha value is -0.410. The van der Waals surface area contributed by atoms with Gasteiger partial charge in [-0.3, -0.25) is 0 Å². The fourth-order valence-electron chi connectivity index (χ4n) is 2.89. The van der Waals surface area contributed by atoms with E-state index in [0.717, 1.165) is 12.5 Å². The van der Waals surface area contributed by atoms with Crippen molar-refractivity contribution in [1.82, 2.24) is 10.3 Å². The summed E-state index contributed by atoms with van der Waals surface area (Å²) < 4.78 is 0. The van der Waals surface area contributed by atoms with Gasteiger partial charge in [0, 0.05) is 17.1 Å². The molecular formula is C14H24N2S. The number of aryl methyl sites for hydroxylation is 1. The van der Waals surface area contributed by atoms with Crippen molar-refractivity contribution in [3.8, 4) is 0 Å². The smallest absolute Gasteiger partial charge is 0.0897 e. The molecule has 0 bridgehead atoms. The fourth-order valence-corrected chi connectivity index (χ4v) is 3.84. The molecule has 1 saturated carbocycles. The summed E-state index contributed by atoms with van der Waals surface area (Å²) in [4.78, 5) is 5.86. The number of hydrogen-bond donors (Lipinski definition) is 1. The summed E-state index contributed by atoms with van der Waals surface area (Å²) in [5.74, 6) is 0.817. The summed E-state index contributed by atoms with van der Waals surface area (Å²) in [5.41, 5.74) is 0. The van der Waals surface area contributed by atoms with Crippen LogP contribution >= 0.6 is 11.3 Å². The lowest BCUT2D eigenvalue weighted by atomic mass is 9.91. The zero-order valence-corrected chi connectivity index (χ0v) is 11.9. The Kier molecular flexibility index (Phi) is 4.99. The molecule has 3 heteroatoms. The topological polar surface area (TPSA) is 24.9 Å². The number of aromatic nitrogens is 1. The van der Waals surface area contributed by atoms with Crippen LogP contribution in [0, 0.1) is 12.8 Å². The van der Waals surface area contributed by atoms with Crippen LogP contribution in [0.2, 0.25) is 0 Å². The van der Waals surface area contributed by atoms with Crippen LogP contribution in [0.3, 0.4) is 0 Å². The standard InChI is InChI=1S/C14H24N2S/c1-3-15-14(13-10-16-11(2)17-13)12-8-6-4-5-7-9-12/h10,12,14-15H,3-9H2,1-2H3. The summed E-state index contributed by atoms with van der Waals surface area (Å²) in [6, 6.07) is 0.546. The van der Waals surface area contributed by atoms with Gasteiger partial charge in [-0.2, -0.15) is 0 Å². The first kappa shape index (κ1) is 13.0. The zero-order valence-electron chi connectivity index (χ0n) is 11.0. The molecule has 1 heterocycles. The highest BCUT2D eigenvalue weighted by atomic mass is 32.1. The average Bonchev–Trinajstić information content (AvgIpc) is 2.60. The van der Waals surface area contributed by atoms with E-state index in [-0.39, 0.29) is 0 Å². The molecule has 0 radical (unpaired) electrons. The van der Waals surface area contributed by atoms with Crippen LogP contribution in [0.1, 0.15) is 61.4 Å². The third-order valence-corrected chi connectivity index (χ3v) is 4.74. The molecule has 96 valence electrons. The van der Waals surface area contributed by atoms with Crippen molar-refractivity contribution >= 4 is 11.3 Å². The van der Waals surface area contributed by atoms with Gasteiger partial charge in [0.2, 0.25) is 0 Å². The third-order valence-electron chi connectivity index (χ3n) is 3.74. The number of nitrogens with one attached hydrogen (secondary N) is 1. The van der Waals surface area contributed by atoms with E-state index in [2.05, 4.69) is 30.3 Å². The molecule has 0 saturated heterocycles. The molecule has 1 aromatic rings. The van der Waals surface area contributed by atoms with E-state index in [0.29, 0.717) is 6.04 Å². The van der Waals surface area contributed by atoms with E-state index in [1.54, 1.807) is 0 Å². The van der Waals surface area contributed by atoms with Crippen molar-refractivity contribution < 1.29 is 0 Å². The fraction of sp³-hybridized carbons (Fsp3) is 0.786. The van der Waals surface area contributed by atoms with Gasteiger partial charge in [-0.25, -0.2) is 4.98 Å². The van der Waals surface area contributed by atoms with Crippen LogP contribution in [-0.2, 0) is 0 Å². The highest BCUT2D eigenvalue weighted by molar-refractivity contribution is 7.11. The highest BCUT2D eigenvalue weighted by Gasteiger charge is 2.24. The number of nitrogens with zero attached hydrogens (tertiary/aromatic N) is 1. The van der Waals surface area contributed by atoms with E-state index in [4.69, 9.17) is 0 Å². The molecule has 1 aliphatic carbocycles. The molecule has 2 nitrogen and oxygen atoms in total. The second-order valence-corrected chi connectivity index (χ2v) is 6.33. The second-order valence-electron chi connectivity index (χ2n) is 5.07. The average molecular weight is 252 g/mol. The van der Waals surface area contributed by atoms with Crippen molar-refractivity contribution in [2.45, 2.75) is 58.4 Å². The number of hydrogen-bond acceptors (Lipinski definition) is 3. The van der Waals surface area contributed by atoms with Gasteiger partial charge in [0.25, 0.3) is 0 Å². The maximum Gasteiger partial charge on any atom is 0.0897 e. The van der Waals surface area contributed by atoms with Crippen molar-refractivity contribution in [3.05, 3.63) is 16.1 Å². The Morgan fingerprint density at radius 1 is 1.35 bits per heavy atom. The third kappa shape index (κ3) is 3.52. The quantitative estimate of drug-likeness (QED) is 0.817. The van der Waals surface area contributed by atoms with Gasteiger partial charge in [0.05, 0.1) is 5.01 Å². The predicted octanol–water partition coefficient (Wildman–Crippen LogP) is 4.07. The minimum Gasteiger partial charge on any atom is -0.309 e. The molecule has 1 unspecified atom stereocenters. The summed E-state index contributed by atoms with van der Waals surface area (Å²) in [6.45, 7) is 5.36. The van der Waals surface area contributed by atoms with E-state index >= 15 is 0 Å². The SMILES string of the molecule is CCNC(c1cnc(C)s1)C1CCCCCC1. The van der Waals surface area contributed by atoms with Crippen LogP contribution in [0.15, 0.2) is 6.20 Å². The molecule has 0 aromatic carbocycles. The molecule has 0 aliphatic heterocycles. The highest BCUT2D eigenvalue weighted by Crippen LogP contribution is 2.35. The van der Waals surface area contributed by atoms with Crippen molar-refractivity contribution in [1.29, 1.82) is 0 Å². The van der Waals surface area contributed by atoms with Crippen LogP contribution in [0.5, 0.6) is 0 Å².